The molecule has 0 aliphatic heterocycles. The van der Waals surface area contributed by atoms with Gasteiger partial charge in [0.25, 0.3) is 0 Å². The summed E-state index contributed by atoms with van der Waals surface area (Å²) in [6.45, 7) is 0.347. The second-order valence-electron chi connectivity index (χ2n) is 3.60. The van der Waals surface area contributed by atoms with Gasteiger partial charge < -0.3 is 9.84 Å². The number of carboxylic acid groups (broad SMARTS) is 1. The summed E-state index contributed by atoms with van der Waals surface area (Å²) < 4.78 is 5.48. The first kappa shape index (κ1) is 12.4. The zero-order valence-electron chi connectivity index (χ0n) is 9.34. The number of benzene rings is 1. The maximum atomic E-state index is 10.7. The molecule has 0 radical (unpaired) electrons. The van der Waals surface area contributed by atoms with Crippen molar-refractivity contribution >= 4 is 17.6 Å². The Morgan fingerprint density at radius 2 is 2.00 bits per heavy atom. The number of hydrogen-bond acceptors (Lipinski definition) is 3. The molecule has 1 heterocycles. The monoisotopic (exact) mass is 263 g/mol. The summed E-state index contributed by atoms with van der Waals surface area (Å²) in [6, 6.07) is 10.2. The minimum Gasteiger partial charge on any atom is -0.489 e. The zero-order chi connectivity index (χ0) is 13.0. The van der Waals surface area contributed by atoms with Crippen LogP contribution in [-0.4, -0.2) is 16.1 Å². The van der Waals surface area contributed by atoms with Crippen LogP contribution in [0.15, 0.2) is 42.6 Å². The molecule has 0 bridgehead atoms. The van der Waals surface area contributed by atoms with Gasteiger partial charge in [0.2, 0.25) is 0 Å². The van der Waals surface area contributed by atoms with E-state index in [9.17, 15) is 4.79 Å². The van der Waals surface area contributed by atoms with E-state index in [4.69, 9.17) is 21.4 Å². The number of ether oxygens (including phenoxy) is 1. The maximum absolute atomic E-state index is 10.7. The van der Waals surface area contributed by atoms with Crippen molar-refractivity contribution in [3.63, 3.8) is 0 Å². The van der Waals surface area contributed by atoms with E-state index in [0.29, 0.717) is 17.4 Å². The summed E-state index contributed by atoms with van der Waals surface area (Å²) in [5.41, 5.74) is 0.914. The predicted molar refractivity (Wildman–Crippen MR) is 67.0 cm³/mol. The fourth-order valence-electron chi connectivity index (χ4n) is 1.37. The first-order valence-electron chi connectivity index (χ1n) is 5.22. The summed E-state index contributed by atoms with van der Waals surface area (Å²) in [4.78, 5) is 14.4. The van der Waals surface area contributed by atoms with Crippen molar-refractivity contribution in [2.24, 2.45) is 0 Å². The van der Waals surface area contributed by atoms with E-state index in [-0.39, 0.29) is 5.69 Å². The molecule has 1 N–H and O–H groups in total. The lowest BCUT2D eigenvalue weighted by Gasteiger charge is -2.06. The van der Waals surface area contributed by atoms with Gasteiger partial charge in [-0.1, -0.05) is 23.7 Å². The van der Waals surface area contributed by atoms with Crippen LogP contribution in [0.4, 0.5) is 0 Å². The molecule has 0 unspecified atom stereocenters. The molecule has 1 aromatic heterocycles. The normalized spacial score (nSPS) is 10.1. The molecule has 0 saturated carbocycles. The van der Waals surface area contributed by atoms with Crippen LogP contribution >= 0.6 is 11.6 Å². The lowest BCUT2D eigenvalue weighted by molar-refractivity contribution is 0.0690. The van der Waals surface area contributed by atoms with Gasteiger partial charge in [0.15, 0.2) is 5.69 Å². The van der Waals surface area contributed by atoms with Gasteiger partial charge >= 0.3 is 5.97 Å². The number of pyridine rings is 1. The SMILES string of the molecule is O=C(O)c1cc(OCc2ccc(Cl)cc2)ccn1. The van der Waals surface area contributed by atoms with E-state index in [1.807, 2.05) is 12.1 Å². The van der Waals surface area contributed by atoms with Crippen molar-refractivity contribution in [1.82, 2.24) is 4.98 Å². The number of hydrogen-bond donors (Lipinski definition) is 1. The number of aromatic carboxylic acids is 1. The quantitative estimate of drug-likeness (QED) is 0.921. The smallest absolute Gasteiger partial charge is 0.354 e. The van der Waals surface area contributed by atoms with E-state index in [0.717, 1.165) is 5.56 Å². The number of nitrogens with zero attached hydrogens (tertiary/aromatic N) is 1. The Hall–Kier alpha value is -2.07. The van der Waals surface area contributed by atoms with E-state index >= 15 is 0 Å². The molecule has 92 valence electrons. The number of aromatic nitrogens is 1. The molecule has 0 atom stereocenters. The minimum atomic E-state index is -1.08. The molecule has 5 heteroatoms. The third-order valence-electron chi connectivity index (χ3n) is 2.27. The van der Waals surface area contributed by atoms with Crippen molar-refractivity contribution in [2.75, 3.05) is 0 Å². The largest absolute Gasteiger partial charge is 0.489 e. The lowest BCUT2D eigenvalue weighted by Crippen LogP contribution is -2.01. The van der Waals surface area contributed by atoms with Crippen LogP contribution in [0.2, 0.25) is 5.02 Å². The molecule has 4 nitrogen and oxygen atoms in total. The number of rotatable bonds is 4. The van der Waals surface area contributed by atoms with Crippen LogP contribution in [0.25, 0.3) is 0 Å². The molecule has 0 spiro atoms. The standard InChI is InChI=1S/C13H10ClNO3/c14-10-3-1-9(2-4-10)8-18-11-5-6-15-12(7-11)13(16)17/h1-7H,8H2,(H,16,17). The van der Waals surface area contributed by atoms with Crippen molar-refractivity contribution in [2.45, 2.75) is 6.61 Å². The Kier molecular flexibility index (Phi) is 3.79. The zero-order valence-corrected chi connectivity index (χ0v) is 10.1. The summed E-state index contributed by atoms with van der Waals surface area (Å²) in [5, 5.41) is 9.46. The summed E-state index contributed by atoms with van der Waals surface area (Å²) in [7, 11) is 0. The average molecular weight is 264 g/mol. The van der Waals surface area contributed by atoms with Gasteiger partial charge in [-0.25, -0.2) is 9.78 Å². The third kappa shape index (κ3) is 3.21. The molecule has 0 fully saturated rings. The van der Waals surface area contributed by atoms with E-state index in [1.165, 1.54) is 12.3 Å². The van der Waals surface area contributed by atoms with Gasteiger partial charge in [0, 0.05) is 17.3 Å². The first-order valence-corrected chi connectivity index (χ1v) is 5.59. The second-order valence-corrected chi connectivity index (χ2v) is 4.03. The lowest BCUT2D eigenvalue weighted by atomic mass is 10.2. The number of halogens is 1. The fourth-order valence-corrected chi connectivity index (χ4v) is 1.49. The number of carbonyl (C=O) groups is 1. The van der Waals surface area contributed by atoms with Gasteiger partial charge in [0.05, 0.1) is 0 Å². The summed E-state index contributed by atoms with van der Waals surface area (Å²) in [6.07, 6.45) is 1.40. The highest BCUT2D eigenvalue weighted by atomic mass is 35.5. The molecule has 0 aliphatic rings. The Balaban J connectivity index is 2.04. The molecule has 2 rings (SSSR count). The molecular formula is C13H10ClNO3. The topological polar surface area (TPSA) is 59.4 Å². The first-order chi connectivity index (χ1) is 8.65. The highest BCUT2D eigenvalue weighted by molar-refractivity contribution is 6.30. The predicted octanol–water partition coefficient (Wildman–Crippen LogP) is 3.01. The van der Waals surface area contributed by atoms with Crippen molar-refractivity contribution in [1.29, 1.82) is 0 Å². The van der Waals surface area contributed by atoms with Crippen LogP contribution < -0.4 is 4.74 Å². The van der Waals surface area contributed by atoms with Gasteiger partial charge in [-0.05, 0) is 23.8 Å². The van der Waals surface area contributed by atoms with Crippen LogP contribution in [0.3, 0.4) is 0 Å². The molecule has 2 aromatic rings. The molecular weight excluding hydrogens is 254 g/mol. The highest BCUT2D eigenvalue weighted by Gasteiger charge is 2.05. The van der Waals surface area contributed by atoms with Crippen molar-refractivity contribution < 1.29 is 14.6 Å². The van der Waals surface area contributed by atoms with Crippen LogP contribution in [0.5, 0.6) is 5.75 Å². The molecule has 0 aliphatic carbocycles. The van der Waals surface area contributed by atoms with E-state index in [1.54, 1.807) is 18.2 Å². The number of carboxylic acids is 1. The van der Waals surface area contributed by atoms with Gasteiger partial charge in [-0.3, -0.25) is 0 Å². The minimum absolute atomic E-state index is 0.0383. The van der Waals surface area contributed by atoms with Crippen LogP contribution in [-0.2, 0) is 6.61 Å². The van der Waals surface area contributed by atoms with E-state index < -0.39 is 5.97 Å². The second kappa shape index (κ2) is 5.51. The fraction of sp³-hybridized carbons (Fsp3) is 0.0769. The molecule has 0 amide bonds. The van der Waals surface area contributed by atoms with Crippen LogP contribution in [0.1, 0.15) is 16.1 Å². The van der Waals surface area contributed by atoms with E-state index in [2.05, 4.69) is 4.98 Å². The van der Waals surface area contributed by atoms with Gasteiger partial charge in [-0.15, -0.1) is 0 Å². The molecule has 18 heavy (non-hydrogen) atoms. The Morgan fingerprint density at radius 3 is 2.67 bits per heavy atom. The maximum Gasteiger partial charge on any atom is 0.354 e. The third-order valence-corrected chi connectivity index (χ3v) is 2.52. The average Bonchev–Trinajstić information content (AvgIpc) is 2.38. The van der Waals surface area contributed by atoms with Crippen LogP contribution in [0, 0.1) is 0 Å². The molecule has 1 aromatic carbocycles. The van der Waals surface area contributed by atoms with Gasteiger partial charge in [-0.2, -0.15) is 0 Å². The van der Waals surface area contributed by atoms with Crippen molar-refractivity contribution in [3.05, 3.63) is 58.9 Å². The highest BCUT2D eigenvalue weighted by Crippen LogP contribution is 2.15. The Bertz CT molecular complexity index is 554. The van der Waals surface area contributed by atoms with Crippen molar-refractivity contribution in [3.8, 4) is 5.75 Å². The Morgan fingerprint density at radius 1 is 1.28 bits per heavy atom. The summed E-state index contributed by atoms with van der Waals surface area (Å²) >= 11 is 5.77. The molecule has 0 saturated heterocycles. The summed E-state index contributed by atoms with van der Waals surface area (Å²) in [5.74, 6) is -0.607. The van der Waals surface area contributed by atoms with Gasteiger partial charge in [0.1, 0.15) is 12.4 Å². The Labute approximate surface area is 109 Å².